The summed E-state index contributed by atoms with van der Waals surface area (Å²) >= 11 is 0. The summed E-state index contributed by atoms with van der Waals surface area (Å²) in [5, 5.41) is 3.49. The maximum absolute atomic E-state index is 12.0. The minimum absolute atomic E-state index is 0.0427. The van der Waals surface area contributed by atoms with Crippen molar-refractivity contribution in [1.82, 2.24) is 0 Å². The van der Waals surface area contributed by atoms with Crippen LogP contribution >= 0.6 is 0 Å². The van der Waals surface area contributed by atoms with Crippen LogP contribution in [0.4, 0.5) is 11.4 Å². The predicted molar refractivity (Wildman–Crippen MR) is 143 cm³/mol. The van der Waals surface area contributed by atoms with Crippen LogP contribution in [-0.4, -0.2) is 19.5 Å². The Bertz CT molecular complexity index is 608. The van der Waals surface area contributed by atoms with Gasteiger partial charge in [0.2, 0.25) is 0 Å². The van der Waals surface area contributed by atoms with Crippen LogP contribution in [0.1, 0.15) is 117 Å². The molecule has 0 unspecified atom stereocenters. The van der Waals surface area contributed by atoms with Crippen molar-refractivity contribution in [3.05, 3.63) is 36.4 Å². The molecule has 0 saturated heterocycles. The molecular weight excluding hydrogens is 392 g/mol. The van der Waals surface area contributed by atoms with Gasteiger partial charge in [-0.1, -0.05) is 110 Å². The quantitative estimate of drug-likeness (QED) is 0.161. The van der Waals surface area contributed by atoms with Crippen molar-refractivity contribution in [2.45, 2.75) is 117 Å². The first-order valence-corrected chi connectivity index (χ1v) is 13.3. The first-order valence-electron chi connectivity index (χ1n) is 13.3. The molecule has 0 aliphatic carbocycles. The molecule has 0 fully saturated rings. The molecule has 0 radical (unpaired) electrons. The van der Waals surface area contributed by atoms with Crippen LogP contribution in [-0.2, 0) is 4.79 Å². The summed E-state index contributed by atoms with van der Waals surface area (Å²) in [5.74, 6) is -0.0427. The monoisotopic (exact) mass is 442 g/mol. The van der Waals surface area contributed by atoms with E-state index in [0.29, 0.717) is 5.57 Å². The molecule has 1 rings (SSSR count). The third-order valence-corrected chi connectivity index (χ3v) is 6.28. The second-order valence-corrected chi connectivity index (χ2v) is 9.42. The number of nitrogens with one attached hydrogen (secondary N) is 1. The molecule has 0 aromatic heterocycles. The topological polar surface area (TPSA) is 32.3 Å². The number of nitrogens with zero attached hydrogens (tertiary/aromatic N) is 1. The lowest BCUT2D eigenvalue weighted by Gasteiger charge is -2.17. The molecule has 3 nitrogen and oxygen atoms in total. The molecule has 1 aromatic rings. The molecule has 0 spiro atoms. The highest BCUT2D eigenvalue weighted by Gasteiger charge is 2.10. The predicted octanol–water partition coefficient (Wildman–Crippen LogP) is 8.90. The van der Waals surface area contributed by atoms with Gasteiger partial charge >= 0.3 is 0 Å². The standard InChI is InChI=1S/C29H50N2O/c1-5-6-7-8-9-10-11-12-13-14-15-16-17-18-19-20-25-30-27-21-23-28(24-22-27)31(4)29(32)26(2)3/h21-24,30H,2,5-20,25H2,1,3-4H3. The molecule has 0 aliphatic heterocycles. The third-order valence-electron chi connectivity index (χ3n) is 6.28. The van der Waals surface area contributed by atoms with E-state index in [4.69, 9.17) is 0 Å². The van der Waals surface area contributed by atoms with Crippen LogP contribution in [0.5, 0.6) is 0 Å². The molecule has 1 amide bonds. The fourth-order valence-corrected chi connectivity index (χ4v) is 4.11. The number of hydrogen-bond donors (Lipinski definition) is 1. The Hall–Kier alpha value is -1.77. The molecule has 3 heteroatoms. The number of amides is 1. The second-order valence-electron chi connectivity index (χ2n) is 9.42. The Morgan fingerprint density at radius 2 is 1.16 bits per heavy atom. The van der Waals surface area contributed by atoms with E-state index in [1.54, 1.807) is 18.9 Å². The summed E-state index contributed by atoms with van der Waals surface area (Å²) in [7, 11) is 1.79. The molecule has 1 N–H and O–H groups in total. The fourth-order valence-electron chi connectivity index (χ4n) is 4.11. The number of carbonyl (C=O) groups is 1. The van der Waals surface area contributed by atoms with Crippen LogP contribution in [0, 0.1) is 0 Å². The van der Waals surface area contributed by atoms with Crippen LogP contribution in [0.2, 0.25) is 0 Å². The van der Waals surface area contributed by atoms with E-state index in [2.05, 4.69) is 18.8 Å². The minimum Gasteiger partial charge on any atom is -0.385 e. The van der Waals surface area contributed by atoms with Crippen molar-refractivity contribution in [3.63, 3.8) is 0 Å². The van der Waals surface area contributed by atoms with E-state index in [1.165, 1.54) is 103 Å². The zero-order chi connectivity index (χ0) is 23.4. The highest BCUT2D eigenvalue weighted by Crippen LogP contribution is 2.18. The smallest absolute Gasteiger partial charge is 0.253 e. The van der Waals surface area contributed by atoms with Crippen LogP contribution in [0.25, 0.3) is 0 Å². The average molecular weight is 443 g/mol. The maximum atomic E-state index is 12.0. The van der Waals surface area contributed by atoms with Gasteiger partial charge in [0, 0.05) is 30.5 Å². The van der Waals surface area contributed by atoms with Gasteiger partial charge in [-0.2, -0.15) is 0 Å². The van der Waals surface area contributed by atoms with Crippen molar-refractivity contribution in [2.75, 3.05) is 23.8 Å². The van der Waals surface area contributed by atoms with Gasteiger partial charge < -0.3 is 10.2 Å². The molecule has 0 bridgehead atoms. The van der Waals surface area contributed by atoms with Gasteiger partial charge in [0.1, 0.15) is 0 Å². The second kappa shape index (κ2) is 18.8. The molecular formula is C29H50N2O. The Morgan fingerprint density at radius 1 is 0.750 bits per heavy atom. The van der Waals surface area contributed by atoms with Gasteiger partial charge in [-0.3, -0.25) is 4.79 Å². The number of hydrogen-bond acceptors (Lipinski definition) is 2. The molecule has 32 heavy (non-hydrogen) atoms. The Morgan fingerprint density at radius 3 is 1.56 bits per heavy atom. The Labute approximate surface area is 199 Å². The third kappa shape index (κ3) is 13.6. The van der Waals surface area contributed by atoms with Gasteiger partial charge in [-0.15, -0.1) is 0 Å². The summed E-state index contributed by atoms with van der Waals surface area (Å²) in [6, 6.07) is 8.06. The lowest BCUT2D eigenvalue weighted by molar-refractivity contribution is -0.114. The summed E-state index contributed by atoms with van der Waals surface area (Å²) in [6.45, 7) is 8.77. The first kappa shape index (κ1) is 28.3. The zero-order valence-electron chi connectivity index (χ0n) is 21.4. The van der Waals surface area contributed by atoms with E-state index < -0.39 is 0 Å². The number of rotatable bonds is 20. The molecule has 0 aliphatic rings. The fraction of sp³-hybridized carbons (Fsp3) is 0.690. The summed E-state index contributed by atoms with van der Waals surface area (Å²) in [4.78, 5) is 13.6. The Kier molecular flexibility index (Phi) is 16.6. The summed E-state index contributed by atoms with van der Waals surface area (Å²) in [6.07, 6.45) is 22.4. The maximum Gasteiger partial charge on any atom is 0.253 e. The lowest BCUT2D eigenvalue weighted by atomic mass is 10.0. The minimum atomic E-state index is -0.0427. The van der Waals surface area contributed by atoms with E-state index in [1.807, 2.05) is 24.3 Å². The van der Waals surface area contributed by atoms with Crippen molar-refractivity contribution >= 4 is 17.3 Å². The van der Waals surface area contributed by atoms with Crippen LogP contribution < -0.4 is 10.2 Å². The highest BCUT2D eigenvalue weighted by molar-refractivity contribution is 6.04. The number of likely N-dealkylation sites (N-methyl/N-ethyl adjacent to an activating group) is 1. The van der Waals surface area contributed by atoms with Gasteiger partial charge in [0.25, 0.3) is 5.91 Å². The summed E-state index contributed by atoms with van der Waals surface area (Å²) < 4.78 is 0. The molecule has 0 heterocycles. The van der Waals surface area contributed by atoms with E-state index >= 15 is 0 Å². The van der Waals surface area contributed by atoms with Crippen molar-refractivity contribution in [2.24, 2.45) is 0 Å². The molecule has 0 saturated carbocycles. The normalized spacial score (nSPS) is 10.8. The average Bonchev–Trinajstić information content (AvgIpc) is 2.80. The van der Waals surface area contributed by atoms with E-state index in [-0.39, 0.29) is 5.91 Å². The van der Waals surface area contributed by atoms with Gasteiger partial charge in [-0.25, -0.2) is 0 Å². The highest BCUT2D eigenvalue weighted by atomic mass is 16.2. The van der Waals surface area contributed by atoms with Gasteiger partial charge in [0.15, 0.2) is 0 Å². The first-order chi connectivity index (χ1) is 15.6. The van der Waals surface area contributed by atoms with E-state index in [0.717, 1.165) is 17.9 Å². The SMILES string of the molecule is C=C(C)C(=O)N(C)c1ccc(NCCCCCCCCCCCCCCCCCC)cc1. The van der Waals surface area contributed by atoms with E-state index in [9.17, 15) is 4.79 Å². The van der Waals surface area contributed by atoms with Crippen molar-refractivity contribution in [3.8, 4) is 0 Å². The molecule has 1 aromatic carbocycles. The summed E-state index contributed by atoms with van der Waals surface area (Å²) in [5.41, 5.74) is 2.56. The number of benzene rings is 1. The molecule has 0 atom stereocenters. The zero-order valence-corrected chi connectivity index (χ0v) is 21.4. The Balaban J connectivity index is 1.92. The molecule has 182 valence electrons. The van der Waals surface area contributed by atoms with Gasteiger partial charge in [-0.05, 0) is 37.6 Å². The number of anilines is 2. The lowest BCUT2D eigenvalue weighted by Crippen LogP contribution is -2.26. The largest absolute Gasteiger partial charge is 0.385 e. The number of unbranched alkanes of at least 4 members (excludes halogenated alkanes) is 15. The van der Waals surface area contributed by atoms with Crippen molar-refractivity contribution in [1.29, 1.82) is 0 Å². The van der Waals surface area contributed by atoms with Crippen molar-refractivity contribution < 1.29 is 4.79 Å². The van der Waals surface area contributed by atoms with Crippen LogP contribution in [0.3, 0.4) is 0 Å². The van der Waals surface area contributed by atoms with Crippen LogP contribution in [0.15, 0.2) is 36.4 Å². The van der Waals surface area contributed by atoms with Gasteiger partial charge in [0.05, 0.1) is 0 Å². The number of carbonyl (C=O) groups excluding carboxylic acids is 1.